The van der Waals surface area contributed by atoms with Crippen LogP contribution in [0, 0.1) is 0 Å². The standard InChI is InChI=1S/C13H20INO3/c1-8(2)15-10(5-6-14)13(18)9-3-4-11(16)12(17)7-9/h3-4,7-8,10,13,15-18H,5-6H2,1-2H3. The fourth-order valence-corrected chi connectivity index (χ4v) is 2.51. The molecule has 2 unspecified atom stereocenters. The van der Waals surface area contributed by atoms with Gasteiger partial charge in [0.25, 0.3) is 0 Å². The first kappa shape index (κ1) is 15.5. The average molecular weight is 365 g/mol. The van der Waals surface area contributed by atoms with Crippen molar-refractivity contribution in [3.63, 3.8) is 0 Å². The van der Waals surface area contributed by atoms with Crippen LogP contribution in [0.3, 0.4) is 0 Å². The first-order valence-electron chi connectivity index (χ1n) is 5.97. The normalized spacial score (nSPS) is 14.7. The molecule has 4 N–H and O–H groups in total. The topological polar surface area (TPSA) is 72.7 Å². The highest BCUT2D eigenvalue weighted by Gasteiger charge is 2.21. The second-order valence-corrected chi connectivity index (χ2v) is 5.68. The van der Waals surface area contributed by atoms with Crippen LogP contribution in [0.1, 0.15) is 31.9 Å². The van der Waals surface area contributed by atoms with E-state index in [0.717, 1.165) is 10.8 Å². The molecule has 0 aliphatic rings. The third-order valence-corrected chi connectivity index (χ3v) is 3.31. The first-order chi connectivity index (χ1) is 8.45. The van der Waals surface area contributed by atoms with E-state index in [2.05, 4.69) is 27.9 Å². The summed E-state index contributed by atoms with van der Waals surface area (Å²) in [5.74, 6) is -0.377. The molecule has 0 spiro atoms. The van der Waals surface area contributed by atoms with Gasteiger partial charge in [-0.05, 0) is 24.1 Å². The summed E-state index contributed by atoms with van der Waals surface area (Å²) in [5, 5.41) is 32.4. The quantitative estimate of drug-likeness (QED) is 0.355. The smallest absolute Gasteiger partial charge is 0.157 e. The predicted molar refractivity (Wildman–Crippen MR) is 80.3 cm³/mol. The molecule has 0 radical (unpaired) electrons. The lowest BCUT2D eigenvalue weighted by atomic mass is 9.99. The van der Waals surface area contributed by atoms with Crippen LogP contribution in [0.4, 0.5) is 0 Å². The molecule has 0 aromatic heterocycles. The van der Waals surface area contributed by atoms with E-state index in [1.807, 2.05) is 13.8 Å². The van der Waals surface area contributed by atoms with Gasteiger partial charge < -0.3 is 20.6 Å². The van der Waals surface area contributed by atoms with Crippen molar-refractivity contribution in [1.82, 2.24) is 5.32 Å². The molecule has 0 aliphatic heterocycles. The predicted octanol–water partition coefficient (Wildman–Crippen LogP) is 2.32. The van der Waals surface area contributed by atoms with E-state index in [4.69, 9.17) is 0 Å². The van der Waals surface area contributed by atoms with Crippen LogP contribution < -0.4 is 5.32 Å². The summed E-state index contributed by atoms with van der Waals surface area (Å²) in [6, 6.07) is 4.64. The van der Waals surface area contributed by atoms with Gasteiger partial charge >= 0.3 is 0 Å². The maximum atomic E-state index is 10.3. The van der Waals surface area contributed by atoms with E-state index >= 15 is 0 Å². The largest absolute Gasteiger partial charge is 0.504 e. The zero-order chi connectivity index (χ0) is 13.7. The van der Waals surface area contributed by atoms with Gasteiger partial charge in [-0.2, -0.15) is 0 Å². The van der Waals surface area contributed by atoms with Gasteiger partial charge in [0.2, 0.25) is 0 Å². The van der Waals surface area contributed by atoms with E-state index in [9.17, 15) is 15.3 Å². The van der Waals surface area contributed by atoms with E-state index < -0.39 is 6.10 Å². The minimum Gasteiger partial charge on any atom is -0.504 e. The molecule has 1 aromatic carbocycles. The number of phenolic OH excluding ortho intramolecular Hbond substituents is 2. The summed E-state index contributed by atoms with van der Waals surface area (Å²) in [6.45, 7) is 4.06. The lowest BCUT2D eigenvalue weighted by molar-refractivity contribution is 0.122. The van der Waals surface area contributed by atoms with Gasteiger partial charge in [-0.15, -0.1) is 0 Å². The highest BCUT2D eigenvalue weighted by atomic mass is 127. The molecule has 0 heterocycles. The average Bonchev–Trinajstić information content (AvgIpc) is 2.31. The van der Waals surface area contributed by atoms with Crippen molar-refractivity contribution in [1.29, 1.82) is 0 Å². The van der Waals surface area contributed by atoms with Gasteiger partial charge in [-0.1, -0.05) is 42.5 Å². The molecular weight excluding hydrogens is 345 g/mol. The monoisotopic (exact) mass is 365 g/mol. The molecule has 18 heavy (non-hydrogen) atoms. The van der Waals surface area contributed by atoms with Crippen molar-refractivity contribution in [3.05, 3.63) is 23.8 Å². The number of nitrogens with one attached hydrogen (secondary N) is 1. The molecule has 0 bridgehead atoms. The lowest BCUT2D eigenvalue weighted by Gasteiger charge is -2.26. The number of alkyl halides is 1. The van der Waals surface area contributed by atoms with Crippen molar-refractivity contribution >= 4 is 22.6 Å². The molecule has 102 valence electrons. The number of hydrogen-bond donors (Lipinski definition) is 4. The second kappa shape index (κ2) is 7.16. The van der Waals surface area contributed by atoms with Crippen LogP contribution in [0.2, 0.25) is 0 Å². The molecular formula is C13H20INO3. The Morgan fingerprint density at radius 1 is 1.22 bits per heavy atom. The van der Waals surface area contributed by atoms with Crippen LogP contribution in [0.5, 0.6) is 11.5 Å². The van der Waals surface area contributed by atoms with Crippen molar-refractivity contribution in [2.45, 2.75) is 38.5 Å². The highest BCUT2D eigenvalue weighted by Crippen LogP contribution is 2.29. The number of benzene rings is 1. The van der Waals surface area contributed by atoms with Crippen LogP contribution in [-0.2, 0) is 0 Å². The van der Waals surface area contributed by atoms with E-state index in [-0.39, 0.29) is 23.6 Å². The van der Waals surface area contributed by atoms with Crippen molar-refractivity contribution in [2.75, 3.05) is 4.43 Å². The summed E-state index contributed by atoms with van der Waals surface area (Å²) in [6.07, 6.45) is 0.135. The number of halogens is 1. The van der Waals surface area contributed by atoms with Crippen LogP contribution in [0.15, 0.2) is 18.2 Å². The Morgan fingerprint density at radius 3 is 2.39 bits per heavy atom. The Morgan fingerprint density at radius 2 is 1.89 bits per heavy atom. The van der Waals surface area contributed by atoms with Crippen molar-refractivity contribution in [3.8, 4) is 11.5 Å². The van der Waals surface area contributed by atoms with Gasteiger partial charge in [0.05, 0.1) is 6.10 Å². The van der Waals surface area contributed by atoms with Crippen molar-refractivity contribution in [2.24, 2.45) is 0 Å². The zero-order valence-corrected chi connectivity index (χ0v) is 12.8. The molecule has 0 amide bonds. The summed E-state index contributed by atoms with van der Waals surface area (Å²) < 4.78 is 0.934. The summed E-state index contributed by atoms with van der Waals surface area (Å²) in [5.41, 5.74) is 0.605. The van der Waals surface area contributed by atoms with Gasteiger partial charge in [0.1, 0.15) is 0 Å². The molecule has 4 nitrogen and oxygen atoms in total. The van der Waals surface area contributed by atoms with Crippen LogP contribution >= 0.6 is 22.6 Å². The fraction of sp³-hybridized carbons (Fsp3) is 0.538. The molecule has 0 saturated carbocycles. The maximum absolute atomic E-state index is 10.3. The minimum absolute atomic E-state index is 0.0640. The number of aromatic hydroxyl groups is 2. The lowest BCUT2D eigenvalue weighted by Crippen LogP contribution is -2.39. The minimum atomic E-state index is -0.700. The molecule has 0 fully saturated rings. The third kappa shape index (κ3) is 4.29. The van der Waals surface area contributed by atoms with Gasteiger partial charge in [0, 0.05) is 16.5 Å². The number of rotatable bonds is 6. The van der Waals surface area contributed by atoms with Gasteiger partial charge in [0.15, 0.2) is 11.5 Å². The second-order valence-electron chi connectivity index (χ2n) is 4.60. The summed E-state index contributed by atoms with van der Waals surface area (Å²) in [7, 11) is 0. The summed E-state index contributed by atoms with van der Waals surface area (Å²) in [4.78, 5) is 0. The Balaban J connectivity index is 2.86. The number of aliphatic hydroxyl groups excluding tert-OH is 1. The SMILES string of the molecule is CC(C)NC(CCI)C(O)c1ccc(O)c(O)c1. The zero-order valence-electron chi connectivity index (χ0n) is 10.6. The first-order valence-corrected chi connectivity index (χ1v) is 7.50. The number of aliphatic hydroxyl groups is 1. The molecule has 5 heteroatoms. The fourth-order valence-electron chi connectivity index (χ4n) is 1.83. The molecule has 1 aromatic rings. The molecule has 0 aliphatic carbocycles. The molecule has 1 rings (SSSR count). The molecule has 0 saturated heterocycles. The van der Waals surface area contributed by atoms with Crippen LogP contribution in [0.25, 0.3) is 0 Å². The van der Waals surface area contributed by atoms with Gasteiger partial charge in [-0.25, -0.2) is 0 Å². The molecule has 2 atom stereocenters. The Kier molecular flexibility index (Phi) is 6.17. The van der Waals surface area contributed by atoms with Gasteiger partial charge in [-0.3, -0.25) is 0 Å². The van der Waals surface area contributed by atoms with E-state index in [0.29, 0.717) is 5.56 Å². The number of phenols is 2. The highest BCUT2D eigenvalue weighted by molar-refractivity contribution is 14.1. The Hall–Kier alpha value is -0.530. The third-order valence-electron chi connectivity index (χ3n) is 2.69. The Labute approximate surface area is 121 Å². The van der Waals surface area contributed by atoms with Crippen molar-refractivity contribution < 1.29 is 15.3 Å². The Bertz CT molecular complexity index is 384. The maximum Gasteiger partial charge on any atom is 0.157 e. The number of hydrogen-bond acceptors (Lipinski definition) is 4. The van der Waals surface area contributed by atoms with E-state index in [1.165, 1.54) is 12.1 Å². The van der Waals surface area contributed by atoms with E-state index in [1.54, 1.807) is 6.07 Å². The van der Waals surface area contributed by atoms with Crippen LogP contribution in [-0.4, -0.2) is 31.8 Å². The summed E-state index contributed by atoms with van der Waals surface area (Å²) >= 11 is 2.27.